The van der Waals surface area contributed by atoms with Crippen LogP contribution in [0.3, 0.4) is 0 Å². The molecule has 0 aliphatic heterocycles. The molecule has 0 bridgehead atoms. The Morgan fingerprint density at radius 1 is 1.07 bits per heavy atom. The Hall–Kier alpha value is -3.26. The van der Waals surface area contributed by atoms with E-state index in [0.29, 0.717) is 11.6 Å². The molecule has 0 fully saturated rings. The van der Waals surface area contributed by atoms with Gasteiger partial charge in [-0.2, -0.15) is 0 Å². The average molecular weight is 409 g/mol. The summed E-state index contributed by atoms with van der Waals surface area (Å²) in [5, 5.41) is 0.849. The Morgan fingerprint density at radius 3 is 2.66 bits per heavy atom. The third-order valence-electron chi connectivity index (χ3n) is 4.45. The molecular formula is C21H19N3O4S. The quantitative estimate of drug-likeness (QED) is 0.459. The molecule has 4 rings (SSSR count). The molecular weight excluding hydrogens is 390 g/mol. The van der Waals surface area contributed by atoms with Crippen molar-refractivity contribution < 1.29 is 19.0 Å². The van der Waals surface area contributed by atoms with Crippen molar-refractivity contribution in [3.63, 3.8) is 0 Å². The summed E-state index contributed by atoms with van der Waals surface area (Å²) in [5.74, 6) is 0.656. The smallest absolute Gasteiger partial charge is 0.343 e. The summed E-state index contributed by atoms with van der Waals surface area (Å²) >= 11 is 1.55. The monoisotopic (exact) mass is 409 g/mol. The Kier molecular flexibility index (Phi) is 5.02. The third-order valence-corrected chi connectivity index (χ3v) is 5.49. The van der Waals surface area contributed by atoms with Crippen molar-refractivity contribution in [3.05, 3.63) is 41.6 Å². The number of methoxy groups -OCH3 is 2. The molecule has 7 nitrogen and oxygen atoms in total. The van der Waals surface area contributed by atoms with Crippen LogP contribution in [-0.4, -0.2) is 41.7 Å². The zero-order valence-corrected chi connectivity index (χ0v) is 17.3. The molecule has 0 spiro atoms. The number of rotatable bonds is 5. The standard InChI is InChI=1S/C21H19N3O4S/c1-11-5-14(20-15(6-11)23-17(26-3)9-22-20)21-24-19-12(2)7-13(8-16(19)29-21)28-10-18(25)27-4/h5-9H,10H2,1-4H3. The van der Waals surface area contributed by atoms with Crippen LogP contribution in [0.1, 0.15) is 11.1 Å². The number of ether oxygens (including phenoxy) is 3. The largest absolute Gasteiger partial charge is 0.482 e. The minimum Gasteiger partial charge on any atom is -0.482 e. The highest BCUT2D eigenvalue weighted by Gasteiger charge is 2.15. The van der Waals surface area contributed by atoms with Crippen LogP contribution >= 0.6 is 11.3 Å². The minimum atomic E-state index is -0.423. The van der Waals surface area contributed by atoms with Crippen LogP contribution in [0.2, 0.25) is 0 Å². The molecule has 0 aliphatic rings. The van der Waals surface area contributed by atoms with Crippen LogP contribution in [0.5, 0.6) is 11.6 Å². The lowest BCUT2D eigenvalue weighted by Crippen LogP contribution is -2.12. The fourth-order valence-corrected chi connectivity index (χ4v) is 4.16. The van der Waals surface area contributed by atoms with E-state index in [0.717, 1.165) is 42.9 Å². The van der Waals surface area contributed by atoms with Crippen LogP contribution in [0.25, 0.3) is 31.8 Å². The summed E-state index contributed by atoms with van der Waals surface area (Å²) in [4.78, 5) is 25.2. The number of benzene rings is 2. The van der Waals surface area contributed by atoms with Gasteiger partial charge in [0.1, 0.15) is 10.8 Å². The maximum Gasteiger partial charge on any atom is 0.343 e. The fourth-order valence-electron chi connectivity index (χ4n) is 3.07. The summed E-state index contributed by atoms with van der Waals surface area (Å²) in [6.07, 6.45) is 1.61. The molecule has 0 atom stereocenters. The van der Waals surface area contributed by atoms with Gasteiger partial charge < -0.3 is 14.2 Å². The van der Waals surface area contributed by atoms with E-state index in [2.05, 4.69) is 20.8 Å². The van der Waals surface area contributed by atoms with E-state index in [1.165, 1.54) is 7.11 Å². The van der Waals surface area contributed by atoms with Crippen molar-refractivity contribution in [2.75, 3.05) is 20.8 Å². The van der Waals surface area contributed by atoms with Crippen molar-refractivity contribution >= 4 is 38.6 Å². The molecule has 0 unspecified atom stereocenters. The normalized spacial score (nSPS) is 11.0. The summed E-state index contributed by atoms with van der Waals surface area (Å²) < 4.78 is 16.3. The molecule has 8 heteroatoms. The van der Waals surface area contributed by atoms with E-state index in [-0.39, 0.29) is 6.61 Å². The van der Waals surface area contributed by atoms with Crippen LogP contribution in [-0.2, 0) is 9.53 Å². The van der Waals surface area contributed by atoms with Crippen LogP contribution in [0, 0.1) is 13.8 Å². The molecule has 29 heavy (non-hydrogen) atoms. The Labute approximate surface area is 171 Å². The number of carbonyl (C=O) groups is 1. The van der Waals surface area contributed by atoms with Gasteiger partial charge in [0, 0.05) is 5.56 Å². The van der Waals surface area contributed by atoms with Crippen LogP contribution in [0.15, 0.2) is 30.5 Å². The van der Waals surface area contributed by atoms with Gasteiger partial charge in [0.15, 0.2) is 6.61 Å². The Balaban J connectivity index is 1.80. The SMILES string of the molecule is COC(=O)COc1cc(C)c2nc(-c3cc(C)cc4nc(OC)cnc34)sc2c1. The van der Waals surface area contributed by atoms with Crippen molar-refractivity contribution in [3.8, 4) is 22.2 Å². The summed E-state index contributed by atoms with van der Waals surface area (Å²) in [7, 11) is 2.91. The lowest BCUT2D eigenvalue weighted by atomic mass is 10.1. The molecule has 0 saturated carbocycles. The van der Waals surface area contributed by atoms with E-state index in [1.807, 2.05) is 32.0 Å². The van der Waals surface area contributed by atoms with Gasteiger partial charge in [-0.25, -0.2) is 19.7 Å². The van der Waals surface area contributed by atoms with Gasteiger partial charge in [-0.05, 0) is 49.2 Å². The molecule has 4 aromatic rings. The highest BCUT2D eigenvalue weighted by molar-refractivity contribution is 7.21. The first-order chi connectivity index (χ1) is 14.0. The number of aromatic nitrogens is 3. The predicted molar refractivity (Wildman–Crippen MR) is 112 cm³/mol. The molecule has 0 radical (unpaired) electrons. The maximum absolute atomic E-state index is 11.3. The molecule has 148 valence electrons. The highest BCUT2D eigenvalue weighted by Crippen LogP contribution is 2.37. The lowest BCUT2D eigenvalue weighted by molar-refractivity contribution is -0.142. The first kappa shape index (κ1) is 19.1. The zero-order valence-electron chi connectivity index (χ0n) is 16.5. The summed E-state index contributed by atoms with van der Waals surface area (Å²) in [5.41, 5.74) is 5.38. The summed E-state index contributed by atoms with van der Waals surface area (Å²) in [6, 6.07) is 7.80. The van der Waals surface area contributed by atoms with Crippen molar-refractivity contribution in [2.24, 2.45) is 0 Å². The van der Waals surface area contributed by atoms with E-state index in [1.54, 1.807) is 24.6 Å². The number of thiazole rings is 1. The molecule has 0 amide bonds. The summed E-state index contributed by atoms with van der Waals surface area (Å²) in [6.45, 7) is 3.85. The van der Waals surface area contributed by atoms with Crippen LogP contribution in [0.4, 0.5) is 0 Å². The lowest BCUT2D eigenvalue weighted by Gasteiger charge is -2.06. The van der Waals surface area contributed by atoms with E-state index in [9.17, 15) is 4.79 Å². The number of carbonyl (C=O) groups excluding carboxylic acids is 1. The number of hydrogen-bond donors (Lipinski definition) is 0. The zero-order chi connectivity index (χ0) is 20.5. The average Bonchev–Trinajstić information content (AvgIpc) is 3.15. The number of fused-ring (bicyclic) bond motifs is 2. The van der Waals surface area contributed by atoms with Crippen LogP contribution < -0.4 is 9.47 Å². The number of hydrogen-bond acceptors (Lipinski definition) is 8. The molecule has 0 aliphatic carbocycles. The second kappa shape index (κ2) is 7.63. The van der Waals surface area contributed by atoms with Gasteiger partial charge in [-0.1, -0.05) is 0 Å². The second-order valence-electron chi connectivity index (χ2n) is 6.56. The van der Waals surface area contributed by atoms with Crippen molar-refractivity contribution in [1.29, 1.82) is 0 Å². The molecule has 2 aromatic carbocycles. The topological polar surface area (TPSA) is 83.4 Å². The molecule has 2 aromatic heterocycles. The number of esters is 1. The minimum absolute atomic E-state index is 0.132. The first-order valence-corrected chi connectivity index (χ1v) is 9.72. The van der Waals surface area contributed by atoms with Gasteiger partial charge in [-0.15, -0.1) is 11.3 Å². The van der Waals surface area contributed by atoms with Gasteiger partial charge >= 0.3 is 5.97 Å². The van der Waals surface area contributed by atoms with E-state index < -0.39 is 5.97 Å². The maximum atomic E-state index is 11.3. The first-order valence-electron chi connectivity index (χ1n) is 8.91. The number of aryl methyl sites for hydroxylation is 2. The van der Waals surface area contributed by atoms with Crippen molar-refractivity contribution in [1.82, 2.24) is 15.0 Å². The molecule has 2 heterocycles. The van der Waals surface area contributed by atoms with E-state index >= 15 is 0 Å². The van der Waals surface area contributed by atoms with Gasteiger partial charge in [0.25, 0.3) is 0 Å². The molecule has 0 N–H and O–H groups in total. The number of nitrogens with zero attached hydrogens (tertiary/aromatic N) is 3. The highest BCUT2D eigenvalue weighted by atomic mass is 32.1. The molecule has 0 saturated heterocycles. The third kappa shape index (κ3) is 3.71. The van der Waals surface area contributed by atoms with Gasteiger partial charge in [-0.3, -0.25) is 0 Å². The Bertz CT molecular complexity index is 1240. The Morgan fingerprint density at radius 2 is 1.90 bits per heavy atom. The predicted octanol–water partition coefficient (Wildman–Crippen LogP) is 4.08. The second-order valence-corrected chi connectivity index (χ2v) is 7.59. The van der Waals surface area contributed by atoms with Crippen molar-refractivity contribution in [2.45, 2.75) is 13.8 Å². The van der Waals surface area contributed by atoms with Gasteiger partial charge in [0.2, 0.25) is 5.88 Å². The van der Waals surface area contributed by atoms with Gasteiger partial charge in [0.05, 0.1) is 41.7 Å². The van der Waals surface area contributed by atoms with E-state index in [4.69, 9.17) is 14.5 Å². The fraction of sp³-hybridized carbons (Fsp3) is 0.238.